The van der Waals surface area contributed by atoms with Crippen molar-refractivity contribution in [1.82, 2.24) is 9.97 Å². The quantitative estimate of drug-likeness (QED) is 0.392. The third-order valence-corrected chi connectivity index (χ3v) is 4.86. The predicted octanol–water partition coefficient (Wildman–Crippen LogP) is 5.59. The highest BCUT2D eigenvalue weighted by molar-refractivity contribution is 6.36. The Morgan fingerprint density at radius 1 is 0.935 bits per heavy atom. The van der Waals surface area contributed by atoms with Crippen LogP contribution >= 0.6 is 34.8 Å². The molecule has 2 aromatic carbocycles. The summed E-state index contributed by atoms with van der Waals surface area (Å²) in [5, 5.41) is 20.1. The monoisotopic (exact) mass is 478 g/mol. The topological polar surface area (TPSA) is 110 Å². The van der Waals surface area contributed by atoms with E-state index in [1.54, 1.807) is 42.6 Å². The van der Waals surface area contributed by atoms with Gasteiger partial charge >= 0.3 is 11.9 Å². The molecule has 0 fully saturated rings. The molecule has 31 heavy (non-hydrogen) atoms. The summed E-state index contributed by atoms with van der Waals surface area (Å²) in [5.41, 5.74) is 0.918. The van der Waals surface area contributed by atoms with Crippen LogP contribution in [0.2, 0.25) is 15.1 Å². The average molecular weight is 480 g/mol. The zero-order valence-corrected chi connectivity index (χ0v) is 17.8. The third-order valence-electron chi connectivity index (χ3n) is 4.01. The first-order valence-electron chi connectivity index (χ1n) is 8.63. The van der Waals surface area contributed by atoms with Crippen molar-refractivity contribution in [2.75, 3.05) is 6.61 Å². The molecule has 2 N–H and O–H groups in total. The Bertz CT molecular complexity index is 1300. The summed E-state index contributed by atoms with van der Waals surface area (Å²) in [5.74, 6) is -1.71. The normalized spacial score (nSPS) is 10.4. The van der Waals surface area contributed by atoms with Crippen molar-refractivity contribution in [3.8, 4) is 5.75 Å². The molecule has 7 nitrogen and oxygen atoms in total. The number of ether oxygens (including phenoxy) is 1. The van der Waals surface area contributed by atoms with E-state index in [2.05, 4.69) is 9.97 Å². The van der Waals surface area contributed by atoms with Gasteiger partial charge in [0.2, 0.25) is 0 Å². The van der Waals surface area contributed by atoms with Crippen molar-refractivity contribution in [3.63, 3.8) is 0 Å². The van der Waals surface area contributed by atoms with Gasteiger partial charge < -0.3 is 14.9 Å². The lowest BCUT2D eigenvalue weighted by atomic mass is 10.1. The van der Waals surface area contributed by atoms with E-state index in [0.29, 0.717) is 32.2 Å². The number of benzene rings is 2. The summed E-state index contributed by atoms with van der Waals surface area (Å²) in [6.45, 7) is -0.396. The summed E-state index contributed by atoms with van der Waals surface area (Å²) in [7, 11) is 0. The first kappa shape index (κ1) is 22.6. The number of fused-ring (bicyclic) bond motifs is 2. The van der Waals surface area contributed by atoms with Crippen molar-refractivity contribution in [1.29, 1.82) is 0 Å². The molecule has 4 rings (SSSR count). The molecule has 0 unspecified atom stereocenters. The van der Waals surface area contributed by atoms with Crippen molar-refractivity contribution in [2.45, 2.75) is 0 Å². The smallest absolute Gasteiger partial charge is 0.341 e. The number of pyridine rings is 2. The van der Waals surface area contributed by atoms with Crippen LogP contribution in [0.3, 0.4) is 0 Å². The SMILES string of the molecule is O=C(O)COc1ccc(Cl)c2cccnc12.O=C(O)c1c(Cl)ccc2cc(Cl)cnc12. The molecule has 4 aromatic rings. The van der Waals surface area contributed by atoms with Gasteiger partial charge in [0.25, 0.3) is 0 Å². The van der Waals surface area contributed by atoms with Crippen LogP contribution in [0.15, 0.2) is 54.9 Å². The maximum atomic E-state index is 11.0. The van der Waals surface area contributed by atoms with Crippen LogP contribution in [-0.4, -0.2) is 38.7 Å². The number of hydrogen-bond donors (Lipinski definition) is 2. The van der Waals surface area contributed by atoms with Crippen LogP contribution in [0.5, 0.6) is 5.75 Å². The van der Waals surface area contributed by atoms with E-state index in [1.807, 2.05) is 0 Å². The number of rotatable bonds is 4. The second-order valence-electron chi connectivity index (χ2n) is 6.08. The lowest BCUT2D eigenvalue weighted by Crippen LogP contribution is -2.09. The van der Waals surface area contributed by atoms with Crippen LogP contribution in [0, 0.1) is 0 Å². The van der Waals surface area contributed by atoms with Gasteiger partial charge in [-0.25, -0.2) is 9.59 Å². The molecule has 0 aliphatic rings. The molecule has 0 atom stereocenters. The number of carboxylic acid groups (broad SMARTS) is 2. The van der Waals surface area contributed by atoms with Crippen LogP contribution in [0.25, 0.3) is 21.8 Å². The number of hydrogen-bond acceptors (Lipinski definition) is 5. The minimum Gasteiger partial charge on any atom is -0.480 e. The number of carboxylic acids is 2. The summed E-state index contributed by atoms with van der Waals surface area (Å²) >= 11 is 17.5. The second kappa shape index (κ2) is 9.78. The summed E-state index contributed by atoms with van der Waals surface area (Å²) in [6.07, 6.45) is 3.00. The average Bonchev–Trinajstić information content (AvgIpc) is 2.73. The first-order valence-corrected chi connectivity index (χ1v) is 9.76. The molecule has 10 heteroatoms. The molecular formula is C21H13Cl3N2O5. The number of halogens is 3. The van der Waals surface area contributed by atoms with Crippen molar-refractivity contribution < 1.29 is 24.5 Å². The molecule has 0 spiro atoms. The summed E-state index contributed by atoms with van der Waals surface area (Å²) < 4.78 is 5.12. The molecule has 0 saturated heterocycles. The van der Waals surface area contributed by atoms with Crippen LogP contribution in [-0.2, 0) is 4.79 Å². The number of nitrogens with zero attached hydrogens (tertiary/aromatic N) is 2. The predicted molar refractivity (Wildman–Crippen MR) is 119 cm³/mol. The van der Waals surface area contributed by atoms with Gasteiger partial charge in [0.05, 0.1) is 20.6 Å². The molecule has 0 radical (unpaired) electrons. The molecule has 0 bridgehead atoms. The van der Waals surface area contributed by atoms with Gasteiger partial charge in [0, 0.05) is 23.2 Å². The van der Waals surface area contributed by atoms with E-state index >= 15 is 0 Å². The lowest BCUT2D eigenvalue weighted by Gasteiger charge is -2.07. The second-order valence-corrected chi connectivity index (χ2v) is 7.33. The minimum atomic E-state index is -1.10. The van der Waals surface area contributed by atoms with E-state index < -0.39 is 18.5 Å². The molecule has 2 aromatic heterocycles. The van der Waals surface area contributed by atoms with E-state index in [9.17, 15) is 9.59 Å². The Morgan fingerprint density at radius 3 is 2.39 bits per heavy atom. The zero-order valence-electron chi connectivity index (χ0n) is 15.6. The molecule has 0 aliphatic heterocycles. The van der Waals surface area contributed by atoms with Gasteiger partial charge in [0.1, 0.15) is 16.8 Å². The van der Waals surface area contributed by atoms with E-state index in [-0.39, 0.29) is 10.6 Å². The van der Waals surface area contributed by atoms with Crippen molar-refractivity contribution in [3.05, 3.63) is 75.5 Å². The van der Waals surface area contributed by atoms with Crippen molar-refractivity contribution in [2.24, 2.45) is 0 Å². The lowest BCUT2D eigenvalue weighted by molar-refractivity contribution is -0.139. The third kappa shape index (κ3) is 5.32. The number of aliphatic carboxylic acids is 1. The van der Waals surface area contributed by atoms with E-state index in [1.165, 1.54) is 12.3 Å². The van der Waals surface area contributed by atoms with Gasteiger partial charge in [0.15, 0.2) is 6.61 Å². The highest BCUT2D eigenvalue weighted by Crippen LogP contribution is 2.29. The fourth-order valence-electron chi connectivity index (χ4n) is 2.72. The van der Waals surface area contributed by atoms with Gasteiger partial charge in [-0.05, 0) is 36.4 Å². The van der Waals surface area contributed by atoms with Gasteiger partial charge in [-0.15, -0.1) is 0 Å². The van der Waals surface area contributed by atoms with Crippen LogP contribution in [0.4, 0.5) is 0 Å². The molecule has 0 saturated carbocycles. The zero-order chi connectivity index (χ0) is 22.5. The number of carbonyl (C=O) groups is 2. The maximum absolute atomic E-state index is 11.0. The molecular weight excluding hydrogens is 467 g/mol. The fourth-order valence-corrected chi connectivity index (χ4v) is 3.34. The standard InChI is InChI=1S/C11H8ClNO3.C10H5Cl2NO2/c12-8-3-4-9(16-6-10(14)15)11-7(8)2-1-5-13-11;11-6-3-5-1-2-7(12)8(10(14)15)9(5)13-4-6/h1-5H,6H2,(H,14,15);1-4H,(H,14,15). The Morgan fingerprint density at radius 2 is 1.68 bits per heavy atom. The first-order chi connectivity index (χ1) is 14.8. The summed E-state index contributed by atoms with van der Waals surface area (Å²) in [6, 6.07) is 11.7. The summed E-state index contributed by atoms with van der Waals surface area (Å²) in [4.78, 5) is 29.5. The van der Waals surface area contributed by atoms with Crippen LogP contribution < -0.4 is 4.74 Å². The highest BCUT2D eigenvalue weighted by Gasteiger charge is 2.14. The highest BCUT2D eigenvalue weighted by atomic mass is 35.5. The Labute approximate surface area is 190 Å². The van der Waals surface area contributed by atoms with Gasteiger partial charge in [-0.3, -0.25) is 9.97 Å². The number of aromatic nitrogens is 2. The fraction of sp³-hybridized carbons (Fsp3) is 0.0476. The van der Waals surface area contributed by atoms with Crippen molar-refractivity contribution >= 4 is 68.5 Å². The Kier molecular flexibility index (Phi) is 7.12. The minimum absolute atomic E-state index is 0.00540. The number of aromatic carboxylic acids is 1. The maximum Gasteiger partial charge on any atom is 0.341 e. The van der Waals surface area contributed by atoms with E-state index in [4.69, 9.17) is 49.8 Å². The van der Waals surface area contributed by atoms with E-state index in [0.717, 1.165) is 5.39 Å². The van der Waals surface area contributed by atoms with Crippen LogP contribution in [0.1, 0.15) is 10.4 Å². The van der Waals surface area contributed by atoms with Gasteiger partial charge in [-0.2, -0.15) is 0 Å². The molecule has 158 valence electrons. The Hall–Kier alpha value is -3.13. The largest absolute Gasteiger partial charge is 0.480 e. The van der Waals surface area contributed by atoms with Gasteiger partial charge in [-0.1, -0.05) is 40.9 Å². The molecule has 0 amide bonds. The molecule has 0 aliphatic carbocycles. The molecule has 2 heterocycles. The Balaban J connectivity index is 0.000000176.